The van der Waals surface area contributed by atoms with Gasteiger partial charge in [-0.15, -0.1) is 0 Å². The lowest BCUT2D eigenvalue weighted by molar-refractivity contribution is -0.110. The number of carbonyl (C=O) groups is 1. The van der Waals surface area contributed by atoms with Crippen LogP contribution < -0.4 is 10.0 Å². The van der Waals surface area contributed by atoms with Crippen LogP contribution in [0, 0.1) is 13.8 Å². The van der Waals surface area contributed by atoms with Crippen molar-refractivity contribution in [1.82, 2.24) is 4.72 Å². The lowest BCUT2D eigenvalue weighted by Crippen LogP contribution is -2.18. The van der Waals surface area contributed by atoms with Gasteiger partial charge >= 0.3 is 0 Å². The van der Waals surface area contributed by atoms with Crippen molar-refractivity contribution in [2.45, 2.75) is 18.7 Å². The van der Waals surface area contributed by atoms with E-state index in [2.05, 4.69) is 10.0 Å². The third-order valence-corrected chi connectivity index (χ3v) is 5.50. The standard InChI is InChI=1S/C18H18N2O3S/c1-11-4-5-12(2)13(8-11)9-16-15-10-14(24(22,23)19-3)6-7-17(15)20-18(16)21/h4-10,19H,1-3H3,(H,20,21). The van der Waals surface area contributed by atoms with Gasteiger partial charge in [-0.2, -0.15) is 0 Å². The van der Waals surface area contributed by atoms with E-state index in [1.807, 2.05) is 32.0 Å². The highest BCUT2D eigenvalue weighted by Gasteiger charge is 2.26. The van der Waals surface area contributed by atoms with Crippen LogP contribution in [0.4, 0.5) is 5.69 Å². The number of amides is 1. The van der Waals surface area contributed by atoms with Crippen LogP contribution in [0.1, 0.15) is 22.3 Å². The Labute approximate surface area is 141 Å². The number of rotatable bonds is 3. The minimum Gasteiger partial charge on any atom is -0.321 e. The molecule has 24 heavy (non-hydrogen) atoms. The van der Waals surface area contributed by atoms with E-state index >= 15 is 0 Å². The fourth-order valence-corrected chi connectivity index (χ4v) is 3.42. The van der Waals surface area contributed by atoms with Crippen LogP contribution in [0.3, 0.4) is 0 Å². The number of hydrogen-bond acceptors (Lipinski definition) is 3. The molecule has 3 rings (SSSR count). The van der Waals surface area contributed by atoms with E-state index in [0.717, 1.165) is 16.7 Å². The van der Waals surface area contributed by atoms with Crippen molar-refractivity contribution in [3.8, 4) is 0 Å². The van der Waals surface area contributed by atoms with Crippen molar-refractivity contribution in [1.29, 1.82) is 0 Å². The summed E-state index contributed by atoms with van der Waals surface area (Å²) in [6.45, 7) is 3.96. The molecule has 1 aliphatic heterocycles. The fourth-order valence-electron chi connectivity index (χ4n) is 2.67. The monoisotopic (exact) mass is 342 g/mol. The molecule has 6 heteroatoms. The molecule has 1 amide bonds. The van der Waals surface area contributed by atoms with E-state index in [1.54, 1.807) is 12.1 Å². The van der Waals surface area contributed by atoms with Crippen molar-refractivity contribution in [2.24, 2.45) is 0 Å². The first-order valence-corrected chi connectivity index (χ1v) is 8.98. The van der Waals surface area contributed by atoms with Crippen LogP contribution >= 0.6 is 0 Å². The Morgan fingerprint density at radius 1 is 1.08 bits per heavy atom. The largest absolute Gasteiger partial charge is 0.321 e. The Bertz CT molecular complexity index is 976. The highest BCUT2D eigenvalue weighted by atomic mass is 32.2. The molecule has 2 aromatic rings. The van der Waals surface area contributed by atoms with Crippen molar-refractivity contribution in [3.05, 3.63) is 58.7 Å². The van der Waals surface area contributed by atoms with Gasteiger partial charge in [0.15, 0.2) is 0 Å². The number of carbonyl (C=O) groups excluding carboxylic acids is 1. The molecule has 2 N–H and O–H groups in total. The maximum atomic E-state index is 12.3. The first-order valence-electron chi connectivity index (χ1n) is 7.50. The molecule has 0 saturated carbocycles. The Kier molecular flexibility index (Phi) is 4.03. The molecule has 0 saturated heterocycles. The highest BCUT2D eigenvalue weighted by molar-refractivity contribution is 7.89. The van der Waals surface area contributed by atoms with Gasteiger partial charge in [0.05, 0.1) is 4.90 Å². The normalized spacial score (nSPS) is 15.5. The number of fused-ring (bicyclic) bond motifs is 1. The van der Waals surface area contributed by atoms with Crippen molar-refractivity contribution < 1.29 is 13.2 Å². The molecule has 0 spiro atoms. The third-order valence-electron chi connectivity index (χ3n) is 4.09. The maximum absolute atomic E-state index is 12.3. The third kappa shape index (κ3) is 2.86. The van der Waals surface area contributed by atoms with E-state index in [1.165, 1.54) is 19.2 Å². The zero-order valence-electron chi connectivity index (χ0n) is 13.7. The molecule has 1 aliphatic rings. The van der Waals surface area contributed by atoms with Crippen LogP contribution in [-0.2, 0) is 14.8 Å². The summed E-state index contributed by atoms with van der Waals surface area (Å²) in [6.07, 6.45) is 1.80. The van der Waals surface area contributed by atoms with Gasteiger partial charge in [-0.05, 0) is 56.3 Å². The van der Waals surface area contributed by atoms with Crippen LogP contribution in [0.15, 0.2) is 41.3 Å². The molecule has 0 fully saturated rings. The van der Waals surface area contributed by atoms with Gasteiger partial charge in [0, 0.05) is 16.8 Å². The SMILES string of the molecule is CNS(=O)(=O)c1ccc2c(c1)C(=Cc1cc(C)ccc1C)C(=O)N2. The van der Waals surface area contributed by atoms with Crippen molar-refractivity contribution in [3.63, 3.8) is 0 Å². The van der Waals surface area contributed by atoms with E-state index in [4.69, 9.17) is 0 Å². The average Bonchev–Trinajstić information content (AvgIpc) is 2.86. The number of anilines is 1. The van der Waals surface area contributed by atoms with Gasteiger partial charge in [0.1, 0.15) is 0 Å². The first kappa shape index (κ1) is 16.4. The second-order valence-electron chi connectivity index (χ2n) is 5.79. The molecule has 0 aliphatic carbocycles. The summed E-state index contributed by atoms with van der Waals surface area (Å²) >= 11 is 0. The summed E-state index contributed by atoms with van der Waals surface area (Å²) in [6, 6.07) is 10.6. The molecule has 0 aromatic heterocycles. The Morgan fingerprint density at radius 3 is 2.54 bits per heavy atom. The smallest absolute Gasteiger partial charge is 0.256 e. The quantitative estimate of drug-likeness (QED) is 0.842. The minimum atomic E-state index is -3.56. The minimum absolute atomic E-state index is 0.132. The topological polar surface area (TPSA) is 75.3 Å². The van der Waals surface area contributed by atoms with Gasteiger partial charge in [0.2, 0.25) is 10.0 Å². The zero-order valence-corrected chi connectivity index (χ0v) is 14.5. The summed E-state index contributed by atoms with van der Waals surface area (Å²) in [5.41, 5.74) is 4.76. The number of benzene rings is 2. The average molecular weight is 342 g/mol. The molecule has 0 radical (unpaired) electrons. The van der Waals surface area contributed by atoms with Crippen molar-refractivity contribution >= 4 is 33.3 Å². The van der Waals surface area contributed by atoms with Gasteiger partial charge < -0.3 is 5.32 Å². The second-order valence-corrected chi connectivity index (χ2v) is 7.67. The molecular weight excluding hydrogens is 324 g/mol. The Morgan fingerprint density at radius 2 is 1.83 bits per heavy atom. The molecule has 0 atom stereocenters. The van der Waals surface area contributed by atoms with Crippen LogP contribution in [0.2, 0.25) is 0 Å². The van der Waals surface area contributed by atoms with Gasteiger partial charge in [0.25, 0.3) is 5.91 Å². The van der Waals surface area contributed by atoms with Gasteiger partial charge in [-0.1, -0.05) is 23.8 Å². The van der Waals surface area contributed by atoms with E-state index < -0.39 is 10.0 Å². The van der Waals surface area contributed by atoms with Crippen molar-refractivity contribution in [2.75, 3.05) is 12.4 Å². The lowest BCUT2D eigenvalue weighted by atomic mass is 10.00. The predicted molar refractivity (Wildman–Crippen MR) is 95.1 cm³/mol. The Hall–Kier alpha value is -2.44. The fraction of sp³-hybridized carbons (Fsp3) is 0.167. The van der Waals surface area contributed by atoms with Crippen LogP contribution in [-0.4, -0.2) is 21.4 Å². The summed E-state index contributed by atoms with van der Waals surface area (Å²) in [7, 11) is -2.20. The molecule has 1 heterocycles. The molecule has 2 aromatic carbocycles. The van der Waals surface area contributed by atoms with E-state index in [9.17, 15) is 13.2 Å². The molecule has 0 bridgehead atoms. The number of sulfonamides is 1. The summed E-state index contributed by atoms with van der Waals surface area (Å²) in [5.74, 6) is -0.232. The van der Waals surface area contributed by atoms with Crippen LogP contribution in [0.5, 0.6) is 0 Å². The maximum Gasteiger partial charge on any atom is 0.256 e. The van der Waals surface area contributed by atoms with Gasteiger partial charge in [-0.3, -0.25) is 4.79 Å². The van der Waals surface area contributed by atoms with E-state index in [-0.39, 0.29) is 10.8 Å². The summed E-state index contributed by atoms with van der Waals surface area (Å²) in [4.78, 5) is 12.4. The lowest BCUT2D eigenvalue weighted by Gasteiger charge is -2.06. The van der Waals surface area contributed by atoms with E-state index in [0.29, 0.717) is 16.8 Å². The van der Waals surface area contributed by atoms with Crippen LogP contribution in [0.25, 0.3) is 11.6 Å². The molecular formula is C18H18N2O3S. The number of nitrogens with one attached hydrogen (secondary N) is 2. The first-order chi connectivity index (χ1) is 11.3. The number of hydrogen-bond donors (Lipinski definition) is 2. The zero-order chi connectivity index (χ0) is 17.5. The molecule has 124 valence electrons. The Balaban J connectivity index is 2.16. The molecule has 5 nitrogen and oxygen atoms in total. The second kappa shape index (κ2) is 5.89. The predicted octanol–water partition coefficient (Wildman–Crippen LogP) is 2.70. The molecule has 0 unspecified atom stereocenters. The highest BCUT2D eigenvalue weighted by Crippen LogP contribution is 2.35. The summed E-state index contributed by atoms with van der Waals surface area (Å²) < 4.78 is 26.3. The number of aryl methyl sites for hydroxylation is 2. The van der Waals surface area contributed by atoms with Gasteiger partial charge in [-0.25, -0.2) is 13.1 Å². The summed E-state index contributed by atoms with van der Waals surface area (Å²) in [5, 5.41) is 2.78.